The summed E-state index contributed by atoms with van der Waals surface area (Å²) in [5.74, 6) is -1.34. The van der Waals surface area contributed by atoms with Gasteiger partial charge in [-0.1, -0.05) is 0 Å². The molecule has 16 heavy (non-hydrogen) atoms. The smallest absolute Gasteiger partial charge is 0.331 e. The number of nitrogens with zero attached hydrogens (tertiary/aromatic N) is 1. The van der Waals surface area contributed by atoms with Crippen LogP contribution in [-0.2, 0) is 14.3 Å². The van der Waals surface area contributed by atoms with Crippen LogP contribution >= 0.6 is 0 Å². The molecular weight excluding hydrogens is 210 g/mol. The Kier molecular flexibility index (Phi) is 6.41. The van der Waals surface area contributed by atoms with E-state index < -0.39 is 5.97 Å². The topological polar surface area (TPSA) is 66.8 Å². The lowest BCUT2D eigenvalue weighted by molar-refractivity contribution is -0.133. The van der Waals surface area contributed by atoms with Crippen LogP contribution in [-0.4, -0.2) is 48.7 Å². The van der Waals surface area contributed by atoms with E-state index in [1.165, 1.54) is 18.7 Å². The molecule has 0 rings (SSSR count). The third-order valence-corrected chi connectivity index (χ3v) is 2.33. The summed E-state index contributed by atoms with van der Waals surface area (Å²) in [4.78, 5) is 23.9. The Labute approximate surface area is 95.7 Å². The monoisotopic (exact) mass is 229 g/mol. The van der Waals surface area contributed by atoms with Crippen molar-refractivity contribution in [1.29, 1.82) is 0 Å². The molecule has 0 saturated heterocycles. The lowest BCUT2D eigenvalue weighted by Gasteiger charge is -2.17. The van der Waals surface area contributed by atoms with Crippen LogP contribution in [0, 0.1) is 0 Å². The van der Waals surface area contributed by atoms with Crippen LogP contribution in [0.2, 0.25) is 0 Å². The van der Waals surface area contributed by atoms with Crippen LogP contribution in [0.3, 0.4) is 0 Å². The van der Waals surface area contributed by atoms with E-state index >= 15 is 0 Å². The Morgan fingerprint density at radius 2 is 1.81 bits per heavy atom. The number of likely N-dealkylation sites (N-methyl/N-ethyl adjacent to an activating group) is 1. The molecular formula is C11H19NO4. The molecule has 1 N–H and O–H groups in total. The predicted molar refractivity (Wildman–Crippen MR) is 60.1 cm³/mol. The highest BCUT2D eigenvalue weighted by atomic mass is 16.5. The molecule has 5 nitrogen and oxygen atoms in total. The molecule has 0 heterocycles. The fourth-order valence-corrected chi connectivity index (χ4v) is 1.05. The van der Waals surface area contributed by atoms with Gasteiger partial charge in [-0.05, 0) is 20.8 Å². The van der Waals surface area contributed by atoms with Gasteiger partial charge < -0.3 is 14.7 Å². The second kappa shape index (κ2) is 7.00. The van der Waals surface area contributed by atoms with Crippen LogP contribution < -0.4 is 0 Å². The zero-order valence-electron chi connectivity index (χ0n) is 10.2. The second-order valence-electron chi connectivity index (χ2n) is 3.48. The van der Waals surface area contributed by atoms with Gasteiger partial charge in [0.2, 0.25) is 5.91 Å². The summed E-state index contributed by atoms with van der Waals surface area (Å²) in [5.41, 5.74) is 0.333. The summed E-state index contributed by atoms with van der Waals surface area (Å²) in [7, 11) is 1.62. The van der Waals surface area contributed by atoms with Gasteiger partial charge in [-0.2, -0.15) is 0 Å². The number of amides is 1. The Morgan fingerprint density at radius 1 is 1.25 bits per heavy atom. The Bertz CT molecular complexity index is 296. The highest BCUT2D eigenvalue weighted by Gasteiger charge is 2.16. The highest BCUT2D eigenvalue weighted by molar-refractivity contribution is 6.01. The van der Waals surface area contributed by atoms with E-state index in [1.54, 1.807) is 7.05 Å². The van der Waals surface area contributed by atoms with Gasteiger partial charge in [0, 0.05) is 31.3 Å². The molecule has 0 fully saturated rings. The Hall–Kier alpha value is -1.36. The maximum absolute atomic E-state index is 11.7. The lowest BCUT2D eigenvalue weighted by Crippen LogP contribution is -2.31. The van der Waals surface area contributed by atoms with E-state index in [4.69, 9.17) is 9.84 Å². The molecule has 0 aliphatic heterocycles. The van der Waals surface area contributed by atoms with Gasteiger partial charge in [0.1, 0.15) is 0 Å². The number of ether oxygens (including phenoxy) is 1. The summed E-state index contributed by atoms with van der Waals surface area (Å²) in [6.45, 7) is 6.33. The molecule has 5 heteroatoms. The molecule has 0 aliphatic rings. The highest BCUT2D eigenvalue weighted by Crippen LogP contribution is 2.06. The van der Waals surface area contributed by atoms with E-state index in [0.717, 1.165) is 0 Å². The van der Waals surface area contributed by atoms with E-state index in [1.807, 2.05) is 6.92 Å². The number of carbonyl (C=O) groups excluding carboxylic acids is 1. The van der Waals surface area contributed by atoms with Crippen molar-refractivity contribution in [3.8, 4) is 0 Å². The third-order valence-electron chi connectivity index (χ3n) is 2.33. The SMILES string of the molecule is CCOCCN(C)C(=O)C(C)=C(C)C(=O)O. The molecule has 0 atom stereocenters. The van der Waals surface area contributed by atoms with Crippen molar-refractivity contribution in [3.63, 3.8) is 0 Å². The maximum Gasteiger partial charge on any atom is 0.331 e. The number of aliphatic carboxylic acids is 1. The number of hydrogen-bond acceptors (Lipinski definition) is 3. The van der Waals surface area contributed by atoms with Crippen molar-refractivity contribution < 1.29 is 19.4 Å². The zero-order valence-corrected chi connectivity index (χ0v) is 10.2. The number of rotatable bonds is 6. The average Bonchev–Trinajstić information content (AvgIpc) is 2.26. The van der Waals surface area contributed by atoms with Crippen LogP contribution in [0.25, 0.3) is 0 Å². The molecule has 92 valence electrons. The largest absolute Gasteiger partial charge is 0.478 e. The van der Waals surface area contributed by atoms with E-state index in [0.29, 0.717) is 19.8 Å². The minimum absolute atomic E-state index is 0.0771. The molecule has 0 saturated carbocycles. The minimum atomic E-state index is -1.07. The van der Waals surface area contributed by atoms with Gasteiger partial charge in [-0.25, -0.2) is 4.79 Å². The summed E-state index contributed by atoms with van der Waals surface area (Å²) < 4.78 is 5.12. The molecule has 0 radical (unpaired) electrons. The van der Waals surface area contributed by atoms with Gasteiger partial charge in [-0.15, -0.1) is 0 Å². The van der Waals surface area contributed by atoms with Gasteiger partial charge in [0.25, 0.3) is 0 Å². The van der Waals surface area contributed by atoms with Crippen molar-refractivity contribution in [2.75, 3.05) is 26.8 Å². The quantitative estimate of drug-likeness (QED) is 0.543. The molecule has 0 bridgehead atoms. The summed E-state index contributed by atoms with van der Waals surface area (Å²) >= 11 is 0. The standard InChI is InChI=1S/C11H19NO4/c1-5-16-7-6-12(4)10(13)8(2)9(3)11(14)15/h5-7H2,1-4H3,(H,14,15). The Balaban J connectivity index is 4.44. The van der Waals surface area contributed by atoms with Gasteiger partial charge in [-0.3, -0.25) is 4.79 Å². The van der Waals surface area contributed by atoms with Gasteiger partial charge in [0.15, 0.2) is 0 Å². The van der Waals surface area contributed by atoms with Gasteiger partial charge in [0.05, 0.1) is 6.61 Å². The van der Waals surface area contributed by atoms with Crippen LogP contribution in [0.15, 0.2) is 11.1 Å². The molecule has 0 unspecified atom stereocenters. The molecule has 0 aliphatic carbocycles. The summed E-state index contributed by atoms with van der Waals surface area (Å²) in [6, 6.07) is 0. The number of carboxylic acids is 1. The predicted octanol–water partition coefficient (Wildman–Crippen LogP) is 0.902. The number of carbonyl (C=O) groups is 2. The first-order valence-electron chi connectivity index (χ1n) is 5.15. The number of carboxylic acid groups (broad SMARTS) is 1. The molecule has 0 aromatic heterocycles. The van der Waals surface area contributed by atoms with Crippen LogP contribution in [0.1, 0.15) is 20.8 Å². The first-order valence-corrected chi connectivity index (χ1v) is 5.15. The fourth-order valence-electron chi connectivity index (χ4n) is 1.05. The first kappa shape index (κ1) is 14.6. The lowest BCUT2D eigenvalue weighted by atomic mass is 10.1. The fraction of sp³-hybridized carbons (Fsp3) is 0.636. The van der Waals surface area contributed by atoms with Crippen LogP contribution in [0.4, 0.5) is 0 Å². The zero-order chi connectivity index (χ0) is 12.7. The summed E-state index contributed by atoms with van der Waals surface area (Å²) in [6.07, 6.45) is 0. The molecule has 0 aromatic carbocycles. The van der Waals surface area contributed by atoms with E-state index in [2.05, 4.69) is 0 Å². The van der Waals surface area contributed by atoms with Crippen molar-refractivity contribution in [3.05, 3.63) is 11.1 Å². The van der Waals surface area contributed by atoms with Crippen LogP contribution in [0.5, 0.6) is 0 Å². The van der Waals surface area contributed by atoms with E-state index in [9.17, 15) is 9.59 Å². The minimum Gasteiger partial charge on any atom is -0.478 e. The van der Waals surface area contributed by atoms with Crippen molar-refractivity contribution in [1.82, 2.24) is 4.90 Å². The third kappa shape index (κ3) is 4.44. The molecule has 1 amide bonds. The summed E-state index contributed by atoms with van der Waals surface area (Å²) in [5, 5.41) is 8.74. The normalized spacial score (nSPS) is 12.0. The second-order valence-corrected chi connectivity index (χ2v) is 3.48. The van der Waals surface area contributed by atoms with Crippen molar-refractivity contribution in [2.24, 2.45) is 0 Å². The maximum atomic E-state index is 11.7. The molecule has 0 aromatic rings. The first-order chi connectivity index (χ1) is 7.41. The Morgan fingerprint density at radius 3 is 2.25 bits per heavy atom. The number of hydrogen-bond donors (Lipinski definition) is 1. The molecule has 0 spiro atoms. The van der Waals surface area contributed by atoms with Crippen molar-refractivity contribution >= 4 is 11.9 Å². The average molecular weight is 229 g/mol. The van der Waals surface area contributed by atoms with Gasteiger partial charge >= 0.3 is 5.97 Å². The van der Waals surface area contributed by atoms with E-state index in [-0.39, 0.29) is 17.1 Å². The van der Waals surface area contributed by atoms with Crippen molar-refractivity contribution in [2.45, 2.75) is 20.8 Å².